The molecule has 0 unspecified atom stereocenters. The van der Waals surface area contributed by atoms with Crippen LogP contribution in [0.5, 0.6) is 0 Å². The summed E-state index contributed by atoms with van der Waals surface area (Å²) in [6.07, 6.45) is 0. The van der Waals surface area contributed by atoms with Crippen LogP contribution in [-0.4, -0.2) is 14.3 Å². The van der Waals surface area contributed by atoms with E-state index in [4.69, 9.17) is 5.14 Å². The first-order chi connectivity index (χ1) is 9.77. The zero-order valence-corrected chi connectivity index (χ0v) is 12.9. The van der Waals surface area contributed by atoms with Gasteiger partial charge in [-0.05, 0) is 52.3 Å². The molecule has 0 heterocycles. The van der Waals surface area contributed by atoms with Gasteiger partial charge < -0.3 is 5.32 Å². The second kappa shape index (κ2) is 5.92. The van der Waals surface area contributed by atoms with Crippen LogP contribution in [0, 0.1) is 5.82 Å². The summed E-state index contributed by atoms with van der Waals surface area (Å²) >= 11 is 2.99. The third-order valence-corrected chi connectivity index (χ3v) is 4.12. The number of halogens is 2. The van der Waals surface area contributed by atoms with Gasteiger partial charge in [0, 0.05) is 11.3 Å². The van der Waals surface area contributed by atoms with Gasteiger partial charge in [-0.25, -0.2) is 17.9 Å². The topological polar surface area (TPSA) is 89.3 Å². The maximum Gasteiger partial charge on any atom is 0.255 e. The Kier molecular flexibility index (Phi) is 4.40. The molecule has 0 radical (unpaired) electrons. The summed E-state index contributed by atoms with van der Waals surface area (Å²) in [4.78, 5) is 11.9. The normalized spacial score (nSPS) is 11.2. The molecule has 0 fully saturated rings. The summed E-state index contributed by atoms with van der Waals surface area (Å²) in [7, 11) is -3.85. The first-order valence-electron chi connectivity index (χ1n) is 5.66. The highest BCUT2D eigenvalue weighted by Crippen LogP contribution is 2.19. The van der Waals surface area contributed by atoms with Gasteiger partial charge >= 0.3 is 0 Å². The Labute approximate surface area is 129 Å². The average Bonchev–Trinajstić information content (AvgIpc) is 2.41. The SMILES string of the molecule is NS(=O)(=O)c1cccc(NC(=O)c2ccc(F)c(Br)c2)c1. The molecule has 2 aromatic carbocycles. The lowest BCUT2D eigenvalue weighted by Gasteiger charge is -2.07. The van der Waals surface area contributed by atoms with Gasteiger partial charge in [0.25, 0.3) is 5.91 Å². The van der Waals surface area contributed by atoms with E-state index in [0.29, 0.717) is 0 Å². The summed E-state index contributed by atoms with van der Waals surface area (Å²) in [6, 6.07) is 9.33. The molecule has 0 aliphatic rings. The fraction of sp³-hybridized carbons (Fsp3) is 0. The Morgan fingerprint density at radius 2 is 1.90 bits per heavy atom. The number of rotatable bonds is 3. The quantitative estimate of drug-likeness (QED) is 0.866. The summed E-state index contributed by atoms with van der Waals surface area (Å²) in [6.45, 7) is 0. The summed E-state index contributed by atoms with van der Waals surface area (Å²) in [5.41, 5.74) is 0.497. The molecule has 5 nitrogen and oxygen atoms in total. The minimum atomic E-state index is -3.85. The van der Waals surface area contributed by atoms with Crippen molar-refractivity contribution in [3.05, 3.63) is 58.3 Å². The molecule has 0 saturated carbocycles. The molecular weight excluding hydrogens is 363 g/mol. The molecule has 0 spiro atoms. The van der Waals surface area contributed by atoms with Crippen LogP contribution in [-0.2, 0) is 10.0 Å². The van der Waals surface area contributed by atoms with Crippen LogP contribution in [0.15, 0.2) is 51.8 Å². The van der Waals surface area contributed by atoms with E-state index in [9.17, 15) is 17.6 Å². The fourth-order valence-corrected chi connectivity index (χ4v) is 2.53. The minimum Gasteiger partial charge on any atom is -0.322 e. The van der Waals surface area contributed by atoms with Crippen molar-refractivity contribution in [3.63, 3.8) is 0 Å². The van der Waals surface area contributed by atoms with Crippen molar-refractivity contribution < 1.29 is 17.6 Å². The Morgan fingerprint density at radius 1 is 1.19 bits per heavy atom. The highest BCUT2D eigenvalue weighted by atomic mass is 79.9. The molecule has 3 N–H and O–H groups in total. The van der Waals surface area contributed by atoms with Crippen molar-refractivity contribution in [3.8, 4) is 0 Å². The van der Waals surface area contributed by atoms with Gasteiger partial charge in [-0.15, -0.1) is 0 Å². The van der Waals surface area contributed by atoms with E-state index in [1.807, 2.05) is 0 Å². The van der Waals surface area contributed by atoms with Gasteiger partial charge in [-0.1, -0.05) is 6.07 Å². The number of primary sulfonamides is 1. The molecule has 0 saturated heterocycles. The maximum atomic E-state index is 13.1. The Bertz CT molecular complexity index is 809. The van der Waals surface area contributed by atoms with E-state index in [0.717, 1.165) is 6.07 Å². The van der Waals surface area contributed by atoms with Crippen LogP contribution in [0.25, 0.3) is 0 Å². The first kappa shape index (κ1) is 15.6. The maximum absolute atomic E-state index is 13.1. The number of anilines is 1. The van der Waals surface area contributed by atoms with Gasteiger partial charge in [-0.2, -0.15) is 0 Å². The molecule has 0 aliphatic heterocycles. The number of sulfonamides is 1. The van der Waals surface area contributed by atoms with Crippen LogP contribution >= 0.6 is 15.9 Å². The monoisotopic (exact) mass is 372 g/mol. The Hall–Kier alpha value is -1.77. The number of hydrogen-bond donors (Lipinski definition) is 2. The summed E-state index contributed by atoms with van der Waals surface area (Å²) in [5, 5.41) is 7.53. The molecule has 0 aliphatic carbocycles. The van der Waals surface area contributed by atoms with Gasteiger partial charge in [0.15, 0.2) is 0 Å². The second-order valence-corrected chi connectivity index (χ2v) is 6.57. The number of hydrogen-bond acceptors (Lipinski definition) is 3. The Balaban J connectivity index is 2.25. The van der Waals surface area contributed by atoms with Crippen LogP contribution in [0.3, 0.4) is 0 Å². The highest BCUT2D eigenvalue weighted by Gasteiger charge is 2.11. The fourth-order valence-electron chi connectivity index (χ4n) is 1.59. The van der Waals surface area contributed by atoms with E-state index in [1.54, 1.807) is 0 Å². The number of carbonyl (C=O) groups excluding carboxylic acids is 1. The predicted molar refractivity (Wildman–Crippen MR) is 79.9 cm³/mol. The molecular formula is C13H10BrFN2O3S. The lowest BCUT2D eigenvalue weighted by atomic mass is 10.2. The average molecular weight is 373 g/mol. The molecule has 110 valence electrons. The minimum absolute atomic E-state index is 0.111. The Morgan fingerprint density at radius 3 is 2.52 bits per heavy atom. The number of nitrogens with two attached hydrogens (primary N) is 1. The van der Waals surface area contributed by atoms with Gasteiger partial charge in [0.1, 0.15) is 5.82 Å². The van der Waals surface area contributed by atoms with Crippen molar-refractivity contribution >= 4 is 37.5 Å². The number of benzene rings is 2. The van der Waals surface area contributed by atoms with Crippen molar-refractivity contribution in [2.75, 3.05) is 5.32 Å². The second-order valence-electron chi connectivity index (χ2n) is 4.16. The van der Waals surface area contributed by atoms with E-state index in [2.05, 4.69) is 21.2 Å². The highest BCUT2D eigenvalue weighted by molar-refractivity contribution is 9.10. The van der Waals surface area contributed by atoms with Crippen LogP contribution in [0.2, 0.25) is 0 Å². The lowest BCUT2D eigenvalue weighted by Crippen LogP contribution is -2.15. The number of nitrogens with one attached hydrogen (secondary N) is 1. The summed E-state index contributed by atoms with van der Waals surface area (Å²) < 4.78 is 35.8. The van der Waals surface area contributed by atoms with Crippen LogP contribution in [0.1, 0.15) is 10.4 Å². The molecule has 0 aromatic heterocycles. The largest absolute Gasteiger partial charge is 0.322 e. The van der Waals surface area contributed by atoms with Crippen molar-refractivity contribution in [1.29, 1.82) is 0 Å². The number of amides is 1. The molecule has 8 heteroatoms. The first-order valence-corrected chi connectivity index (χ1v) is 8.00. The molecule has 2 rings (SSSR count). The molecule has 1 amide bonds. The smallest absolute Gasteiger partial charge is 0.255 e. The third kappa shape index (κ3) is 3.87. The van der Waals surface area contributed by atoms with Gasteiger partial charge in [0.05, 0.1) is 9.37 Å². The zero-order chi connectivity index (χ0) is 15.6. The lowest BCUT2D eigenvalue weighted by molar-refractivity contribution is 0.102. The third-order valence-electron chi connectivity index (χ3n) is 2.60. The van der Waals surface area contributed by atoms with E-state index >= 15 is 0 Å². The van der Waals surface area contributed by atoms with E-state index in [-0.39, 0.29) is 20.6 Å². The predicted octanol–water partition coefficient (Wildman–Crippen LogP) is 2.49. The number of carbonyl (C=O) groups is 1. The van der Waals surface area contributed by atoms with E-state index in [1.165, 1.54) is 36.4 Å². The van der Waals surface area contributed by atoms with Gasteiger partial charge in [-0.3, -0.25) is 4.79 Å². The summed E-state index contributed by atoms with van der Waals surface area (Å²) in [5.74, 6) is -0.981. The van der Waals surface area contributed by atoms with Crippen molar-refractivity contribution in [1.82, 2.24) is 0 Å². The van der Waals surface area contributed by atoms with Crippen molar-refractivity contribution in [2.24, 2.45) is 5.14 Å². The van der Waals surface area contributed by atoms with Crippen LogP contribution in [0.4, 0.5) is 10.1 Å². The zero-order valence-electron chi connectivity index (χ0n) is 10.5. The van der Waals surface area contributed by atoms with Gasteiger partial charge in [0.2, 0.25) is 10.0 Å². The molecule has 0 atom stereocenters. The van der Waals surface area contributed by atoms with E-state index < -0.39 is 21.7 Å². The molecule has 0 bridgehead atoms. The van der Waals surface area contributed by atoms with Crippen molar-refractivity contribution in [2.45, 2.75) is 4.90 Å². The standard InChI is InChI=1S/C13H10BrFN2O3S/c14-11-6-8(4-5-12(11)15)13(18)17-9-2-1-3-10(7-9)21(16,19)20/h1-7H,(H,17,18)(H2,16,19,20). The molecule has 21 heavy (non-hydrogen) atoms. The van der Waals surface area contributed by atoms with Crippen LogP contribution < -0.4 is 10.5 Å². The molecule has 2 aromatic rings.